The van der Waals surface area contributed by atoms with Gasteiger partial charge in [-0.15, -0.1) is 0 Å². The summed E-state index contributed by atoms with van der Waals surface area (Å²) < 4.78 is 0. The molecular weight excluding hydrogens is 272 g/mol. The van der Waals surface area contributed by atoms with Gasteiger partial charge in [0, 0.05) is 43.9 Å². The second-order valence-corrected chi connectivity index (χ2v) is 4.94. The highest BCUT2D eigenvalue weighted by Gasteiger charge is 2.03. The number of anilines is 2. The molecule has 0 radical (unpaired) electrons. The first-order chi connectivity index (χ1) is 10.8. The molecule has 0 saturated carbocycles. The lowest BCUT2D eigenvalue weighted by Gasteiger charge is -2.22. The minimum Gasteiger partial charge on any atom is -0.385 e. The van der Waals surface area contributed by atoms with Gasteiger partial charge in [0.1, 0.15) is 5.82 Å². The fraction of sp³-hybridized carbons (Fsp3) is 0.444. The molecule has 0 fully saturated rings. The van der Waals surface area contributed by atoms with Crippen LogP contribution in [-0.4, -0.2) is 29.6 Å². The third-order valence-corrected chi connectivity index (χ3v) is 3.02. The van der Waals surface area contributed by atoms with E-state index in [1.54, 1.807) is 12.4 Å². The standard InChI is InChI=1S/C11H18N2.C7H10N2/c1-3-9-13(10-4-2)11-7-5-6-8-12-11;1-2-9-7-3-5-8-6-4-7/h5-8H,3-4,9-10H2,1-2H3;3-6H,2H2,1H3,(H,8,9). The Morgan fingerprint density at radius 1 is 0.909 bits per heavy atom. The van der Waals surface area contributed by atoms with Gasteiger partial charge in [0.15, 0.2) is 0 Å². The fourth-order valence-electron chi connectivity index (χ4n) is 2.10. The molecule has 0 aliphatic heterocycles. The Hall–Kier alpha value is -2.10. The van der Waals surface area contributed by atoms with Gasteiger partial charge in [-0.1, -0.05) is 19.9 Å². The molecule has 0 bridgehead atoms. The van der Waals surface area contributed by atoms with Crippen molar-refractivity contribution in [3.05, 3.63) is 48.9 Å². The molecule has 0 saturated heterocycles. The molecule has 0 unspecified atom stereocenters. The average Bonchev–Trinajstić information content (AvgIpc) is 2.57. The number of pyridine rings is 2. The quantitative estimate of drug-likeness (QED) is 0.831. The normalized spacial score (nSPS) is 9.59. The zero-order valence-electron chi connectivity index (χ0n) is 14.0. The van der Waals surface area contributed by atoms with E-state index < -0.39 is 0 Å². The van der Waals surface area contributed by atoms with E-state index in [1.165, 1.54) is 12.8 Å². The zero-order chi connectivity index (χ0) is 16.0. The molecule has 0 aliphatic carbocycles. The Morgan fingerprint density at radius 2 is 1.59 bits per heavy atom. The number of hydrogen-bond donors (Lipinski definition) is 1. The molecule has 1 N–H and O–H groups in total. The van der Waals surface area contributed by atoms with Crippen LogP contribution in [0.15, 0.2) is 48.9 Å². The molecule has 0 aliphatic rings. The first-order valence-corrected chi connectivity index (χ1v) is 8.11. The molecule has 4 heteroatoms. The molecule has 2 heterocycles. The van der Waals surface area contributed by atoms with Crippen LogP contribution in [0.4, 0.5) is 11.5 Å². The highest BCUT2D eigenvalue weighted by Crippen LogP contribution is 2.09. The molecule has 2 aromatic heterocycles. The van der Waals surface area contributed by atoms with Crippen molar-refractivity contribution in [2.45, 2.75) is 33.6 Å². The summed E-state index contributed by atoms with van der Waals surface area (Å²) in [5.74, 6) is 1.10. The third-order valence-electron chi connectivity index (χ3n) is 3.02. The molecular formula is C18H28N4. The van der Waals surface area contributed by atoms with Crippen molar-refractivity contribution in [3.8, 4) is 0 Å². The fourth-order valence-corrected chi connectivity index (χ4v) is 2.10. The summed E-state index contributed by atoms with van der Waals surface area (Å²) in [5.41, 5.74) is 1.13. The van der Waals surface area contributed by atoms with Crippen LogP contribution < -0.4 is 10.2 Å². The van der Waals surface area contributed by atoms with Crippen LogP contribution in [0.1, 0.15) is 33.6 Å². The number of rotatable bonds is 7. The summed E-state index contributed by atoms with van der Waals surface area (Å²) in [6, 6.07) is 9.97. The van der Waals surface area contributed by atoms with Crippen LogP contribution in [0.5, 0.6) is 0 Å². The lowest BCUT2D eigenvalue weighted by Crippen LogP contribution is -2.25. The van der Waals surface area contributed by atoms with E-state index in [0.29, 0.717) is 0 Å². The first-order valence-electron chi connectivity index (χ1n) is 8.11. The maximum Gasteiger partial charge on any atom is 0.128 e. The first kappa shape index (κ1) is 18.0. The van der Waals surface area contributed by atoms with Crippen molar-refractivity contribution >= 4 is 11.5 Å². The Labute approximate surface area is 134 Å². The summed E-state index contributed by atoms with van der Waals surface area (Å²) in [4.78, 5) is 10.6. The Kier molecular flexibility index (Phi) is 9.42. The van der Waals surface area contributed by atoms with Crippen LogP contribution in [0.25, 0.3) is 0 Å². The second-order valence-electron chi connectivity index (χ2n) is 4.94. The van der Waals surface area contributed by atoms with Crippen LogP contribution in [0.2, 0.25) is 0 Å². The van der Waals surface area contributed by atoms with Gasteiger partial charge in [0.05, 0.1) is 0 Å². The van der Waals surface area contributed by atoms with E-state index >= 15 is 0 Å². The average molecular weight is 300 g/mol. The van der Waals surface area contributed by atoms with Crippen LogP contribution in [0.3, 0.4) is 0 Å². The molecule has 2 aromatic rings. The smallest absolute Gasteiger partial charge is 0.128 e. The van der Waals surface area contributed by atoms with Crippen molar-refractivity contribution < 1.29 is 0 Å². The van der Waals surface area contributed by atoms with Gasteiger partial charge >= 0.3 is 0 Å². The molecule has 0 spiro atoms. The molecule has 2 rings (SSSR count). The maximum atomic E-state index is 4.34. The van der Waals surface area contributed by atoms with Gasteiger partial charge in [-0.3, -0.25) is 4.98 Å². The minimum atomic E-state index is 0.962. The lowest BCUT2D eigenvalue weighted by molar-refractivity contribution is 0.734. The monoisotopic (exact) mass is 300 g/mol. The van der Waals surface area contributed by atoms with Gasteiger partial charge in [0.2, 0.25) is 0 Å². The van der Waals surface area contributed by atoms with E-state index in [9.17, 15) is 0 Å². The predicted molar refractivity (Wildman–Crippen MR) is 95.4 cm³/mol. The minimum absolute atomic E-state index is 0.962. The number of nitrogens with zero attached hydrogens (tertiary/aromatic N) is 3. The molecule has 0 amide bonds. The van der Waals surface area contributed by atoms with Gasteiger partial charge < -0.3 is 10.2 Å². The highest BCUT2D eigenvalue weighted by molar-refractivity contribution is 5.40. The number of aromatic nitrogens is 2. The molecule has 22 heavy (non-hydrogen) atoms. The van der Waals surface area contributed by atoms with Gasteiger partial charge in [-0.2, -0.15) is 0 Å². The van der Waals surface area contributed by atoms with E-state index in [-0.39, 0.29) is 0 Å². The van der Waals surface area contributed by atoms with Crippen molar-refractivity contribution in [1.82, 2.24) is 9.97 Å². The topological polar surface area (TPSA) is 41.1 Å². The highest BCUT2D eigenvalue weighted by atomic mass is 15.2. The summed E-state index contributed by atoms with van der Waals surface area (Å²) in [5, 5.41) is 3.17. The van der Waals surface area contributed by atoms with Crippen LogP contribution in [0, 0.1) is 0 Å². The van der Waals surface area contributed by atoms with E-state index in [1.807, 2.05) is 30.5 Å². The zero-order valence-corrected chi connectivity index (χ0v) is 14.0. The number of hydrogen-bond acceptors (Lipinski definition) is 4. The van der Waals surface area contributed by atoms with E-state index in [4.69, 9.17) is 0 Å². The van der Waals surface area contributed by atoms with Crippen molar-refractivity contribution in [1.29, 1.82) is 0 Å². The summed E-state index contributed by atoms with van der Waals surface area (Å²) in [6.07, 6.45) is 7.76. The Morgan fingerprint density at radius 3 is 2.09 bits per heavy atom. The van der Waals surface area contributed by atoms with Crippen LogP contribution >= 0.6 is 0 Å². The SMILES string of the molecule is CCCN(CCC)c1ccccn1.CCNc1ccncc1. The van der Waals surface area contributed by atoms with Crippen molar-refractivity contribution in [3.63, 3.8) is 0 Å². The lowest BCUT2D eigenvalue weighted by atomic mass is 10.3. The summed E-state index contributed by atoms with van der Waals surface area (Å²) in [6.45, 7) is 9.64. The number of nitrogens with one attached hydrogen (secondary N) is 1. The van der Waals surface area contributed by atoms with Crippen molar-refractivity contribution in [2.75, 3.05) is 29.9 Å². The van der Waals surface area contributed by atoms with Gasteiger partial charge in [0.25, 0.3) is 0 Å². The van der Waals surface area contributed by atoms with E-state index in [0.717, 1.165) is 31.1 Å². The Balaban J connectivity index is 0.000000235. The summed E-state index contributed by atoms with van der Waals surface area (Å²) in [7, 11) is 0. The largest absolute Gasteiger partial charge is 0.385 e. The maximum absolute atomic E-state index is 4.34. The Bertz CT molecular complexity index is 467. The van der Waals surface area contributed by atoms with Gasteiger partial charge in [-0.25, -0.2) is 4.98 Å². The van der Waals surface area contributed by atoms with Crippen molar-refractivity contribution in [2.24, 2.45) is 0 Å². The predicted octanol–water partition coefficient (Wildman–Crippen LogP) is 4.22. The molecule has 0 aromatic carbocycles. The van der Waals surface area contributed by atoms with Gasteiger partial charge in [-0.05, 0) is 44.0 Å². The third kappa shape index (κ3) is 7.07. The molecule has 120 valence electrons. The summed E-state index contributed by atoms with van der Waals surface area (Å²) >= 11 is 0. The molecule has 4 nitrogen and oxygen atoms in total. The van der Waals surface area contributed by atoms with E-state index in [2.05, 4.69) is 47.0 Å². The second kappa shape index (κ2) is 11.5. The molecule has 0 atom stereocenters. The van der Waals surface area contributed by atoms with Crippen LogP contribution in [-0.2, 0) is 0 Å².